The van der Waals surface area contributed by atoms with Gasteiger partial charge in [-0.3, -0.25) is 4.99 Å². The molecule has 1 unspecified atom stereocenters. The molecular formula is C24H33N3O3. The van der Waals surface area contributed by atoms with E-state index in [1.165, 1.54) is 11.1 Å². The number of hydrogen-bond donors (Lipinski definition) is 2. The second kappa shape index (κ2) is 10.9. The van der Waals surface area contributed by atoms with Gasteiger partial charge in [0.25, 0.3) is 0 Å². The average molecular weight is 412 g/mol. The first-order valence-corrected chi connectivity index (χ1v) is 10.5. The fourth-order valence-electron chi connectivity index (χ4n) is 3.45. The Kier molecular flexibility index (Phi) is 7.97. The van der Waals surface area contributed by atoms with E-state index in [1.807, 2.05) is 0 Å². The van der Waals surface area contributed by atoms with Crippen LogP contribution in [0.3, 0.4) is 0 Å². The minimum Gasteiger partial charge on any atom is -0.496 e. The minimum atomic E-state index is 0.134. The normalized spacial score (nSPS) is 16.4. The second-order valence-corrected chi connectivity index (χ2v) is 7.62. The molecule has 30 heavy (non-hydrogen) atoms. The second-order valence-electron chi connectivity index (χ2n) is 7.62. The van der Waals surface area contributed by atoms with Crippen LogP contribution < -0.4 is 20.1 Å². The Bertz CT molecular complexity index is 861. The number of guanidine groups is 1. The van der Waals surface area contributed by atoms with E-state index in [9.17, 15) is 0 Å². The van der Waals surface area contributed by atoms with Gasteiger partial charge in [0.15, 0.2) is 5.96 Å². The highest BCUT2D eigenvalue weighted by molar-refractivity contribution is 5.79. The van der Waals surface area contributed by atoms with E-state index in [0.29, 0.717) is 13.2 Å². The molecule has 0 aromatic heterocycles. The first-order chi connectivity index (χ1) is 14.6. The van der Waals surface area contributed by atoms with Gasteiger partial charge >= 0.3 is 0 Å². The van der Waals surface area contributed by atoms with Gasteiger partial charge in [0.1, 0.15) is 17.6 Å². The number of aliphatic imine (C=N–C) groups is 1. The number of rotatable bonds is 8. The summed E-state index contributed by atoms with van der Waals surface area (Å²) in [6, 6.07) is 12.6. The first kappa shape index (κ1) is 22.0. The van der Waals surface area contributed by atoms with E-state index in [4.69, 9.17) is 14.2 Å². The van der Waals surface area contributed by atoms with E-state index in [-0.39, 0.29) is 6.10 Å². The summed E-state index contributed by atoms with van der Waals surface area (Å²) in [7, 11) is 3.49. The average Bonchev–Trinajstić information content (AvgIpc) is 3.26. The van der Waals surface area contributed by atoms with E-state index >= 15 is 0 Å². The molecule has 0 aliphatic carbocycles. The van der Waals surface area contributed by atoms with Crippen LogP contribution in [0, 0.1) is 13.8 Å². The lowest BCUT2D eigenvalue weighted by atomic mass is 10.1. The zero-order valence-corrected chi connectivity index (χ0v) is 18.5. The van der Waals surface area contributed by atoms with Crippen molar-refractivity contribution in [2.45, 2.75) is 39.3 Å². The molecular weight excluding hydrogens is 378 g/mol. The molecule has 162 valence electrons. The summed E-state index contributed by atoms with van der Waals surface area (Å²) >= 11 is 0. The van der Waals surface area contributed by atoms with Crippen LogP contribution >= 0.6 is 0 Å². The lowest BCUT2D eigenvalue weighted by molar-refractivity contribution is 0.140. The van der Waals surface area contributed by atoms with Crippen molar-refractivity contribution >= 4 is 5.96 Å². The number of nitrogens with zero attached hydrogens (tertiary/aromatic N) is 1. The Hall–Kier alpha value is -2.73. The van der Waals surface area contributed by atoms with E-state index < -0.39 is 0 Å². The van der Waals surface area contributed by atoms with Crippen LogP contribution in [-0.2, 0) is 17.7 Å². The maximum Gasteiger partial charge on any atom is 0.191 e. The Balaban J connectivity index is 1.53. The molecule has 1 atom stereocenters. The Morgan fingerprint density at radius 3 is 2.73 bits per heavy atom. The molecule has 1 saturated heterocycles. The van der Waals surface area contributed by atoms with Gasteiger partial charge < -0.3 is 24.8 Å². The van der Waals surface area contributed by atoms with E-state index in [0.717, 1.165) is 54.6 Å². The maximum absolute atomic E-state index is 6.19. The largest absolute Gasteiger partial charge is 0.496 e. The van der Waals surface area contributed by atoms with Crippen LogP contribution in [-0.4, -0.2) is 46.0 Å². The number of hydrogen-bond acceptors (Lipinski definition) is 4. The summed E-state index contributed by atoms with van der Waals surface area (Å²) in [5.41, 5.74) is 4.67. The molecule has 1 fully saturated rings. The highest BCUT2D eigenvalue weighted by Crippen LogP contribution is 2.24. The Morgan fingerprint density at radius 2 is 2.00 bits per heavy atom. The van der Waals surface area contributed by atoms with Crippen LogP contribution in [0.5, 0.6) is 11.5 Å². The zero-order valence-electron chi connectivity index (χ0n) is 18.5. The maximum atomic E-state index is 6.19. The molecule has 2 N–H and O–H groups in total. The standard InChI is InChI=1S/C24H33N3O3/c1-17-5-8-20(23(13-17)30-21-10-12-29-16-21)15-27-24(25-3)26-11-9-19-7-6-18(2)22(14-19)28-4/h5-8,13-14,21H,9-12,15-16H2,1-4H3,(H2,25,26,27). The summed E-state index contributed by atoms with van der Waals surface area (Å²) in [6.07, 6.45) is 1.96. The van der Waals surface area contributed by atoms with Gasteiger partial charge in [0.05, 0.1) is 20.3 Å². The molecule has 3 rings (SSSR count). The molecule has 0 radical (unpaired) electrons. The summed E-state index contributed by atoms with van der Waals surface area (Å²) in [5, 5.41) is 6.77. The SMILES string of the molecule is CN=C(NCCc1ccc(C)c(OC)c1)NCc1ccc(C)cc1OC1CCOC1. The molecule has 0 saturated carbocycles. The van der Waals surface area contributed by atoms with Crippen molar-refractivity contribution in [3.63, 3.8) is 0 Å². The van der Waals surface area contributed by atoms with Crippen molar-refractivity contribution in [2.24, 2.45) is 4.99 Å². The molecule has 6 nitrogen and oxygen atoms in total. The third-order valence-corrected chi connectivity index (χ3v) is 5.25. The molecule has 0 bridgehead atoms. The van der Waals surface area contributed by atoms with Gasteiger partial charge in [-0.15, -0.1) is 0 Å². The lowest BCUT2D eigenvalue weighted by Gasteiger charge is -2.18. The highest BCUT2D eigenvalue weighted by atomic mass is 16.5. The van der Waals surface area contributed by atoms with Crippen molar-refractivity contribution in [3.8, 4) is 11.5 Å². The third kappa shape index (κ3) is 6.13. The number of nitrogens with one attached hydrogen (secondary N) is 2. The molecule has 1 aliphatic heterocycles. The number of methoxy groups -OCH3 is 1. The van der Waals surface area contributed by atoms with Gasteiger partial charge in [-0.05, 0) is 49.1 Å². The van der Waals surface area contributed by atoms with Crippen molar-refractivity contribution in [1.29, 1.82) is 0 Å². The van der Waals surface area contributed by atoms with Gasteiger partial charge in [-0.25, -0.2) is 0 Å². The van der Waals surface area contributed by atoms with Crippen molar-refractivity contribution < 1.29 is 14.2 Å². The monoisotopic (exact) mass is 411 g/mol. The minimum absolute atomic E-state index is 0.134. The summed E-state index contributed by atoms with van der Waals surface area (Å²) in [5.74, 6) is 2.61. The van der Waals surface area contributed by atoms with Gasteiger partial charge in [-0.2, -0.15) is 0 Å². The zero-order chi connectivity index (χ0) is 21.3. The molecule has 0 spiro atoms. The smallest absolute Gasteiger partial charge is 0.191 e. The van der Waals surface area contributed by atoms with Gasteiger partial charge in [-0.1, -0.05) is 24.3 Å². The summed E-state index contributed by atoms with van der Waals surface area (Å²) < 4.78 is 17.0. The summed E-state index contributed by atoms with van der Waals surface area (Å²) in [6.45, 7) is 6.98. The number of benzene rings is 2. The predicted octanol–water partition coefficient (Wildman–Crippen LogP) is 3.39. The molecule has 0 amide bonds. The Morgan fingerprint density at radius 1 is 1.13 bits per heavy atom. The topological polar surface area (TPSA) is 64.1 Å². The van der Waals surface area contributed by atoms with Crippen LogP contribution in [0.15, 0.2) is 41.4 Å². The van der Waals surface area contributed by atoms with Crippen LogP contribution in [0.25, 0.3) is 0 Å². The van der Waals surface area contributed by atoms with Crippen LogP contribution in [0.4, 0.5) is 0 Å². The summed E-state index contributed by atoms with van der Waals surface area (Å²) in [4.78, 5) is 4.34. The lowest BCUT2D eigenvalue weighted by Crippen LogP contribution is -2.38. The molecule has 2 aromatic rings. The quantitative estimate of drug-likeness (QED) is 0.515. The van der Waals surface area contributed by atoms with Crippen LogP contribution in [0.2, 0.25) is 0 Å². The predicted molar refractivity (Wildman–Crippen MR) is 121 cm³/mol. The van der Waals surface area contributed by atoms with Crippen molar-refractivity contribution in [2.75, 3.05) is 33.9 Å². The number of ether oxygens (including phenoxy) is 3. The Labute approximate surface area is 179 Å². The van der Waals surface area contributed by atoms with Crippen molar-refractivity contribution in [3.05, 3.63) is 58.7 Å². The van der Waals surface area contributed by atoms with Crippen LogP contribution in [0.1, 0.15) is 28.7 Å². The van der Waals surface area contributed by atoms with E-state index in [2.05, 4.69) is 65.9 Å². The molecule has 2 aromatic carbocycles. The highest BCUT2D eigenvalue weighted by Gasteiger charge is 2.18. The van der Waals surface area contributed by atoms with Gasteiger partial charge in [0.2, 0.25) is 0 Å². The third-order valence-electron chi connectivity index (χ3n) is 5.25. The fraction of sp³-hybridized carbons (Fsp3) is 0.458. The molecule has 1 aliphatic rings. The number of aryl methyl sites for hydroxylation is 2. The van der Waals surface area contributed by atoms with Gasteiger partial charge in [0, 0.05) is 32.1 Å². The first-order valence-electron chi connectivity index (χ1n) is 10.5. The fourth-order valence-corrected chi connectivity index (χ4v) is 3.45. The van der Waals surface area contributed by atoms with E-state index in [1.54, 1.807) is 14.2 Å². The molecule has 1 heterocycles. The van der Waals surface area contributed by atoms with Crippen molar-refractivity contribution in [1.82, 2.24) is 10.6 Å². The molecule has 6 heteroatoms.